The van der Waals surface area contributed by atoms with Gasteiger partial charge in [-0.05, 0) is 43.2 Å². The molecule has 0 aliphatic heterocycles. The minimum Gasteiger partial charge on any atom is -0.484 e. The zero-order valence-electron chi connectivity index (χ0n) is 11.3. The van der Waals surface area contributed by atoms with E-state index in [2.05, 4.69) is 22.8 Å². The number of hydrogen-bond acceptors (Lipinski definition) is 4. The van der Waals surface area contributed by atoms with Gasteiger partial charge in [-0.1, -0.05) is 12.1 Å². The van der Waals surface area contributed by atoms with E-state index < -0.39 is 0 Å². The van der Waals surface area contributed by atoms with Gasteiger partial charge in [-0.15, -0.1) is 11.3 Å². The number of ether oxygens (including phenoxy) is 1. The second-order valence-corrected chi connectivity index (χ2v) is 5.58. The summed E-state index contributed by atoms with van der Waals surface area (Å²) in [4.78, 5) is 1.25. The van der Waals surface area contributed by atoms with E-state index in [1.54, 1.807) is 17.6 Å². The van der Waals surface area contributed by atoms with Crippen molar-refractivity contribution in [2.24, 2.45) is 0 Å². The Labute approximate surface area is 122 Å². The highest BCUT2D eigenvalue weighted by Gasteiger charge is 2.16. The van der Waals surface area contributed by atoms with E-state index in [1.807, 2.05) is 31.3 Å². The molecule has 3 rings (SSSR count). The standard InChI is InChI=1S/C16H17NO2S/c1-17-9-7-15(16-6-3-11-20-16)19-14-5-2-4-13-12(14)8-10-18-13/h2-6,8,10-11,15,17H,7,9H2,1H3/t15-/m0/s1. The lowest BCUT2D eigenvalue weighted by Crippen LogP contribution is -2.15. The molecule has 0 saturated carbocycles. The van der Waals surface area contributed by atoms with Crippen molar-refractivity contribution in [1.82, 2.24) is 5.32 Å². The van der Waals surface area contributed by atoms with Gasteiger partial charge in [0.25, 0.3) is 0 Å². The summed E-state index contributed by atoms with van der Waals surface area (Å²) in [5.41, 5.74) is 0.862. The van der Waals surface area contributed by atoms with Crippen LogP contribution in [0.1, 0.15) is 17.4 Å². The maximum Gasteiger partial charge on any atom is 0.137 e. The van der Waals surface area contributed by atoms with E-state index in [1.165, 1.54) is 4.88 Å². The summed E-state index contributed by atoms with van der Waals surface area (Å²) in [6.07, 6.45) is 2.71. The number of furan rings is 1. The van der Waals surface area contributed by atoms with E-state index in [-0.39, 0.29) is 6.10 Å². The highest BCUT2D eigenvalue weighted by Crippen LogP contribution is 2.33. The molecule has 2 heterocycles. The third-order valence-corrected chi connectivity index (χ3v) is 4.21. The zero-order chi connectivity index (χ0) is 13.8. The summed E-state index contributed by atoms with van der Waals surface area (Å²) >= 11 is 1.73. The molecule has 0 aliphatic carbocycles. The Balaban J connectivity index is 1.87. The number of nitrogens with one attached hydrogen (secondary N) is 1. The molecule has 0 saturated heterocycles. The van der Waals surface area contributed by atoms with Gasteiger partial charge < -0.3 is 14.5 Å². The Morgan fingerprint density at radius 2 is 2.20 bits per heavy atom. The smallest absolute Gasteiger partial charge is 0.137 e. The fourth-order valence-corrected chi connectivity index (χ4v) is 3.02. The fraction of sp³-hybridized carbons (Fsp3) is 0.250. The van der Waals surface area contributed by atoms with Crippen LogP contribution in [0.25, 0.3) is 11.0 Å². The van der Waals surface area contributed by atoms with E-state index in [0.717, 1.165) is 29.7 Å². The van der Waals surface area contributed by atoms with Crippen molar-refractivity contribution in [2.75, 3.05) is 13.6 Å². The van der Waals surface area contributed by atoms with E-state index >= 15 is 0 Å². The summed E-state index contributed by atoms with van der Waals surface area (Å²) in [5.74, 6) is 0.880. The lowest BCUT2D eigenvalue weighted by molar-refractivity contribution is 0.201. The minimum absolute atomic E-state index is 0.0722. The van der Waals surface area contributed by atoms with Gasteiger partial charge in [0.1, 0.15) is 17.4 Å². The zero-order valence-corrected chi connectivity index (χ0v) is 12.2. The maximum atomic E-state index is 6.24. The predicted molar refractivity (Wildman–Crippen MR) is 82.4 cm³/mol. The van der Waals surface area contributed by atoms with Crippen LogP contribution >= 0.6 is 11.3 Å². The van der Waals surface area contributed by atoms with Crippen LogP contribution in [0.3, 0.4) is 0 Å². The van der Waals surface area contributed by atoms with Crippen molar-refractivity contribution >= 4 is 22.3 Å². The largest absolute Gasteiger partial charge is 0.484 e. The molecule has 4 heteroatoms. The first-order chi connectivity index (χ1) is 9.88. The molecule has 0 unspecified atom stereocenters. The minimum atomic E-state index is 0.0722. The molecule has 3 nitrogen and oxygen atoms in total. The van der Waals surface area contributed by atoms with Crippen LogP contribution in [0.15, 0.2) is 52.5 Å². The van der Waals surface area contributed by atoms with Crippen molar-refractivity contribution in [3.63, 3.8) is 0 Å². The lowest BCUT2D eigenvalue weighted by atomic mass is 10.2. The first-order valence-corrected chi connectivity index (χ1v) is 7.57. The Kier molecular flexibility index (Phi) is 4.04. The molecule has 0 radical (unpaired) electrons. The molecule has 0 aliphatic rings. The number of thiophene rings is 1. The van der Waals surface area contributed by atoms with E-state index in [0.29, 0.717) is 0 Å². The predicted octanol–water partition coefficient (Wildman–Crippen LogP) is 4.22. The number of fused-ring (bicyclic) bond motifs is 1. The molecule has 104 valence electrons. The Morgan fingerprint density at radius 1 is 1.25 bits per heavy atom. The second kappa shape index (κ2) is 6.11. The van der Waals surface area contributed by atoms with Crippen LogP contribution in [0.2, 0.25) is 0 Å². The molecular weight excluding hydrogens is 270 g/mol. The molecule has 20 heavy (non-hydrogen) atoms. The highest BCUT2D eigenvalue weighted by molar-refractivity contribution is 7.10. The average Bonchev–Trinajstić information content (AvgIpc) is 3.14. The van der Waals surface area contributed by atoms with Gasteiger partial charge in [0.15, 0.2) is 0 Å². The summed E-state index contributed by atoms with van der Waals surface area (Å²) < 4.78 is 11.7. The fourth-order valence-electron chi connectivity index (χ4n) is 2.23. The van der Waals surface area contributed by atoms with Crippen LogP contribution in [0.4, 0.5) is 0 Å². The van der Waals surface area contributed by atoms with Gasteiger partial charge in [0.2, 0.25) is 0 Å². The molecule has 1 atom stereocenters. The van der Waals surface area contributed by atoms with Crippen molar-refractivity contribution in [3.8, 4) is 5.75 Å². The van der Waals surface area contributed by atoms with Gasteiger partial charge in [-0.25, -0.2) is 0 Å². The van der Waals surface area contributed by atoms with Gasteiger partial charge in [-0.2, -0.15) is 0 Å². The number of benzene rings is 1. The number of hydrogen-bond donors (Lipinski definition) is 1. The van der Waals surface area contributed by atoms with Crippen LogP contribution in [-0.4, -0.2) is 13.6 Å². The molecule has 1 N–H and O–H groups in total. The van der Waals surface area contributed by atoms with Gasteiger partial charge >= 0.3 is 0 Å². The molecule has 1 aromatic carbocycles. The Bertz CT molecular complexity index is 660. The first kappa shape index (κ1) is 13.2. The van der Waals surface area contributed by atoms with E-state index in [4.69, 9.17) is 9.15 Å². The Hall–Kier alpha value is -1.78. The highest BCUT2D eigenvalue weighted by atomic mass is 32.1. The molecular formula is C16H17NO2S. The molecule has 2 aromatic heterocycles. The first-order valence-electron chi connectivity index (χ1n) is 6.69. The summed E-state index contributed by atoms with van der Waals surface area (Å²) in [5, 5.41) is 6.30. The van der Waals surface area contributed by atoms with Crippen molar-refractivity contribution in [3.05, 3.63) is 52.9 Å². The molecule has 3 aromatic rings. The lowest BCUT2D eigenvalue weighted by Gasteiger charge is -2.18. The van der Waals surface area contributed by atoms with Crippen molar-refractivity contribution in [2.45, 2.75) is 12.5 Å². The van der Waals surface area contributed by atoms with Crippen molar-refractivity contribution < 1.29 is 9.15 Å². The van der Waals surface area contributed by atoms with Crippen LogP contribution in [0, 0.1) is 0 Å². The summed E-state index contributed by atoms with van der Waals surface area (Å²) in [6.45, 7) is 0.921. The Morgan fingerprint density at radius 3 is 3.00 bits per heavy atom. The van der Waals surface area contributed by atoms with Gasteiger partial charge in [-0.3, -0.25) is 0 Å². The van der Waals surface area contributed by atoms with Gasteiger partial charge in [0.05, 0.1) is 11.6 Å². The summed E-state index contributed by atoms with van der Waals surface area (Å²) in [6, 6.07) is 12.1. The second-order valence-electron chi connectivity index (χ2n) is 4.60. The number of rotatable bonds is 6. The van der Waals surface area contributed by atoms with Crippen LogP contribution in [0.5, 0.6) is 5.75 Å². The van der Waals surface area contributed by atoms with Crippen LogP contribution in [-0.2, 0) is 0 Å². The molecule has 0 spiro atoms. The topological polar surface area (TPSA) is 34.4 Å². The third kappa shape index (κ3) is 2.71. The normalized spacial score (nSPS) is 12.7. The maximum absolute atomic E-state index is 6.24. The third-order valence-electron chi connectivity index (χ3n) is 3.24. The molecule has 0 amide bonds. The van der Waals surface area contributed by atoms with Crippen molar-refractivity contribution in [1.29, 1.82) is 0 Å². The SMILES string of the molecule is CNCC[C@H](Oc1cccc2occc12)c1cccs1. The molecule has 0 bridgehead atoms. The van der Waals surface area contributed by atoms with E-state index in [9.17, 15) is 0 Å². The summed E-state index contributed by atoms with van der Waals surface area (Å²) in [7, 11) is 1.96. The molecule has 0 fully saturated rings. The van der Waals surface area contributed by atoms with Crippen LogP contribution < -0.4 is 10.1 Å². The quantitative estimate of drug-likeness (QED) is 0.737. The van der Waals surface area contributed by atoms with Gasteiger partial charge in [0, 0.05) is 11.3 Å². The monoisotopic (exact) mass is 287 g/mol. The average molecular weight is 287 g/mol.